The lowest BCUT2D eigenvalue weighted by molar-refractivity contribution is 0.416. The summed E-state index contributed by atoms with van der Waals surface area (Å²) in [5.41, 5.74) is 2.64. The molecule has 100 valence electrons. The van der Waals surface area contributed by atoms with Crippen LogP contribution in [0, 0.1) is 6.92 Å². The Balaban J connectivity index is 2.59. The molecule has 19 heavy (non-hydrogen) atoms. The van der Waals surface area contributed by atoms with Crippen LogP contribution in [0.25, 0.3) is 11.4 Å². The first kappa shape index (κ1) is 14.1. The Labute approximate surface area is 122 Å². The van der Waals surface area contributed by atoms with Crippen LogP contribution in [0.4, 0.5) is 0 Å². The smallest absolute Gasteiger partial charge is 0.166 e. The topological polar surface area (TPSA) is 35.0 Å². The molecule has 2 aromatic rings. The van der Waals surface area contributed by atoms with E-state index in [1.54, 1.807) is 7.11 Å². The number of rotatable bonds is 3. The second kappa shape index (κ2) is 5.76. The van der Waals surface area contributed by atoms with Crippen LogP contribution in [0.5, 0.6) is 5.75 Å². The molecule has 1 heterocycles. The zero-order chi connectivity index (χ0) is 14.0. The fourth-order valence-electron chi connectivity index (χ4n) is 1.83. The third kappa shape index (κ3) is 2.82. The first-order chi connectivity index (χ1) is 9.06. The van der Waals surface area contributed by atoms with Gasteiger partial charge in [-0.15, -0.1) is 0 Å². The minimum Gasteiger partial charge on any atom is -0.496 e. The van der Waals surface area contributed by atoms with Crippen LogP contribution in [0.2, 0.25) is 10.3 Å². The second-order valence-electron chi connectivity index (χ2n) is 4.16. The summed E-state index contributed by atoms with van der Waals surface area (Å²) in [6, 6.07) is 5.80. The Morgan fingerprint density at radius 2 is 1.79 bits per heavy atom. The first-order valence-corrected chi connectivity index (χ1v) is 6.69. The summed E-state index contributed by atoms with van der Waals surface area (Å²) in [4.78, 5) is 8.61. The van der Waals surface area contributed by atoms with Crippen LogP contribution in [0.3, 0.4) is 0 Å². The van der Waals surface area contributed by atoms with E-state index in [0.29, 0.717) is 28.3 Å². The average Bonchev–Trinajstić information content (AvgIpc) is 2.38. The number of hydrogen-bond acceptors (Lipinski definition) is 3. The van der Waals surface area contributed by atoms with Crippen LogP contribution in [-0.4, -0.2) is 17.1 Å². The number of aromatic nitrogens is 2. The standard InChI is InChI=1S/C14H14Cl2N2O/c1-4-9-12(15)17-14(18-13(9)16)10-6-5-8(2)7-11(10)19-3/h5-7H,4H2,1-3H3. The van der Waals surface area contributed by atoms with Gasteiger partial charge in [0.15, 0.2) is 5.82 Å². The number of halogens is 2. The monoisotopic (exact) mass is 296 g/mol. The normalized spacial score (nSPS) is 10.6. The molecular formula is C14H14Cl2N2O. The molecule has 0 radical (unpaired) electrons. The van der Waals surface area contributed by atoms with Crippen molar-refractivity contribution in [3.63, 3.8) is 0 Å². The van der Waals surface area contributed by atoms with E-state index < -0.39 is 0 Å². The van der Waals surface area contributed by atoms with Gasteiger partial charge in [0, 0.05) is 5.56 Å². The highest BCUT2D eigenvalue weighted by molar-refractivity contribution is 6.34. The molecule has 0 N–H and O–H groups in total. The van der Waals surface area contributed by atoms with Gasteiger partial charge in [-0.25, -0.2) is 9.97 Å². The summed E-state index contributed by atoms with van der Waals surface area (Å²) in [6.07, 6.45) is 0.697. The fraction of sp³-hybridized carbons (Fsp3) is 0.286. The summed E-state index contributed by atoms with van der Waals surface area (Å²) >= 11 is 12.3. The number of benzene rings is 1. The maximum Gasteiger partial charge on any atom is 0.166 e. The molecule has 1 aromatic heterocycles. The largest absolute Gasteiger partial charge is 0.496 e. The second-order valence-corrected chi connectivity index (χ2v) is 4.88. The molecule has 0 aliphatic rings. The molecule has 3 nitrogen and oxygen atoms in total. The van der Waals surface area contributed by atoms with Crippen molar-refractivity contribution in [2.24, 2.45) is 0 Å². The average molecular weight is 297 g/mol. The molecule has 0 unspecified atom stereocenters. The lowest BCUT2D eigenvalue weighted by atomic mass is 10.1. The van der Waals surface area contributed by atoms with Gasteiger partial charge in [0.05, 0.1) is 12.7 Å². The van der Waals surface area contributed by atoms with Crippen LogP contribution < -0.4 is 4.74 Å². The molecule has 0 atom stereocenters. The van der Waals surface area contributed by atoms with E-state index in [-0.39, 0.29) is 0 Å². The van der Waals surface area contributed by atoms with E-state index in [2.05, 4.69) is 9.97 Å². The molecule has 0 aliphatic carbocycles. The third-order valence-corrected chi connectivity index (χ3v) is 3.48. The van der Waals surface area contributed by atoms with E-state index in [4.69, 9.17) is 27.9 Å². The Bertz CT molecular complexity index is 591. The maximum absolute atomic E-state index is 6.14. The number of hydrogen-bond donors (Lipinski definition) is 0. The molecule has 2 rings (SSSR count). The van der Waals surface area contributed by atoms with Crippen LogP contribution in [0.15, 0.2) is 18.2 Å². The highest BCUT2D eigenvalue weighted by atomic mass is 35.5. The number of nitrogens with zero attached hydrogens (tertiary/aromatic N) is 2. The Hall–Kier alpha value is -1.32. The van der Waals surface area contributed by atoms with Crippen LogP contribution in [-0.2, 0) is 6.42 Å². The summed E-state index contributed by atoms with van der Waals surface area (Å²) < 4.78 is 5.35. The van der Waals surface area contributed by atoms with Crippen molar-refractivity contribution in [2.75, 3.05) is 7.11 Å². The molecule has 0 spiro atoms. The predicted octanol–water partition coefficient (Wildman–Crippen LogP) is 4.33. The zero-order valence-electron chi connectivity index (χ0n) is 11.0. The summed E-state index contributed by atoms with van der Waals surface area (Å²) in [5, 5.41) is 0.778. The van der Waals surface area contributed by atoms with Gasteiger partial charge in [-0.05, 0) is 31.0 Å². The van der Waals surface area contributed by atoms with Gasteiger partial charge in [-0.3, -0.25) is 0 Å². The number of aryl methyl sites for hydroxylation is 1. The van der Waals surface area contributed by atoms with Crippen molar-refractivity contribution in [2.45, 2.75) is 20.3 Å². The predicted molar refractivity (Wildman–Crippen MR) is 78.2 cm³/mol. The minimum absolute atomic E-state index is 0.389. The fourth-order valence-corrected chi connectivity index (χ4v) is 2.48. The number of methoxy groups -OCH3 is 1. The Kier molecular flexibility index (Phi) is 4.27. The molecule has 0 fully saturated rings. The summed E-state index contributed by atoms with van der Waals surface area (Å²) in [5.74, 6) is 1.18. The quantitative estimate of drug-likeness (QED) is 0.791. The molecule has 0 bridgehead atoms. The van der Waals surface area contributed by atoms with Crippen LogP contribution >= 0.6 is 23.2 Å². The summed E-state index contributed by atoms with van der Waals surface area (Å²) in [6.45, 7) is 3.95. The van der Waals surface area contributed by atoms with Gasteiger partial charge in [-0.2, -0.15) is 0 Å². The molecule has 0 saturated carbocycles. The van der Waals surface area contributed by atoms with Gasteiger partial charge in [0.25, 0.3) is 0 Å². The van der Waals surface area contributed by atoms with Crippen molar-refractivity contribution in [1.82, 2.24) is 9.97 Å². The zero-order valence-corrected chi connectivity index (χ0v) is 12.5. The van der Waals surface area contributed by atoms with E-state index in [0.717, 1.165) is 16.7 Å². The summed E-state index contributed by atoms with van der Waals surface area (Å²) in [7, 11) is 1.61. The number of ether oxygens (including phenoxy) is 1. The highest BCUT2D eigenvalue weighted by Crippen LogP contribution is 2.31. The highest BCUT2D eigenvalue weighted by Gasteiger charge is 2.14. The maximum atomic E-state index is 6.14. The van der Waals surface area contributed by atoms with Crippen molar-refractivity contribution in [3.8, 4) is 17.1 Å². The molecule has 0 amide bonds. The van der Waals surface area contributed by atoms with Gasteiger partial charge in [0.2, 0.25) is 0 Å². The van der Waals surface area contributed by atoms with Crippen molar-refractivity contribution >= 4 is 23.2 Å². The minimum atomic E-state index is 0.389. The van der Waals surface area contributed by atoms with E-state index in [1.807, 2.05) is 32.0 Å². The van der Waals surface area contributed by atoms with Crippen LogP contribution in [0.1, 0.15) is 18.1 Å². The Morgan fingerprint density at radius 3 is 2.32 bits per heavy atom. The van der Waals surface area contributed by atoms with E-state index in [9.17, 15) is 0 Å². The van der Waals surface area contributed by atoms with Crippen molar-refractivity contribution < 1.29 is 4.74 Å². The molecular weight excluding hydrogens is 283 g/mol. The van der Waals surface area contributed by atoms with Gasteiger partial charge < -0.3 is 4.74 Å². The molecule has 0 saturated heterocycles. The van der Waals surface area contributed by atoms with E-state index >= 15 is 0 Å². The van der Waals surface area contributed by atoms with Crippen molar-refractivity contribution in [3.05, 3.63) is 39.6 Å². The third-order valence-electron chi connectivity index (χ3n) is 2.86. The van der Waals surface area contributed by atoms with E-state index in [1.165, 1.54) is 0 Å². The van der Waals surface area contributed by atoms with Gasteiger partial charge >= 0.3 is 0 Å². The lowest BCUT2D eigenvalue weighted by Crippen LogP contribution is -1.98. The van der Waals surface area contributed by atoms with Crippen molar-refractivity contribution in [1.29, 1.82) is 0 Å². The Morgan fingerprint density at radius 1 is 1.16 bits per heavy atom. The van der Waals surface area contributed by atoms with Gasteiger partial charge in [0.1, 0.15) is 16.1 Å². The molecule has 1 aromatic carbocycles. The van der Waals surface area contributed by atoms with Gasteiger partial charge in [-0.1, -0.05) is 36.2 Å². The molecule has 5 heteroatoms. The lowest BCUT2D eigenvalue weighted by Gasteiger charge is -2.10. The first-order valence-electron chi connectivity index (χ1n) is 5.93. The SMILES string of the molecule is CCc1c(Cl)nc(-c2ccc(C)cc2OC)nc1Cl. The molecule has 0 aliphatic heterocycles.